The lowest BCUT2D eigenvalue weighted by Gasteiger charge is -2.05. The molecule has 96 valence electrons. The second-order valence-electron chi connectivity index (χ2n) is 4.02. The van der Waals surface area contributed by atoms with Crippen LogP contribution in [0.1, 0.15) is 0 Å². The van der Waals surface area contributed by atoms with Crippen LogP contribution in [0.25, 0.3) is 10.2 Å². The number of hydrogen-bond acceptors (Lipinski definition) is 2. The molecule has 0 atom stereocenters. The second kappa shape index (κ2) is 7.01. The molecule has 0 unspecified atom stereocenters. The van der Waals surface area contributed by atoms with E-state index in [0.717, 1.165) is 18.2 Å². The van der Waals surface area contributed by atoms with Crippen LogP contribution in [0.2, 0.25) is 0 Å². The third-order valence-corrected chi connectivity index (χ3v) is 3.47. The molecule has 1 aromatic heterocycles. The predicted octanol–water partition coefficient (Wildman–Crippen LogP) is -6.08. The maximum Gasteiger partial charge on any atom is 0.332 e. The summed E-state index contributed by atoms with van der Waals surface area (Å²) < 4.78 is 3.47. The lowest BCUT2D eigenvalue weighted by Crippen LogP contribution is -3.06. The third-order valence-electron chi connectivity index (χ3n) is 2.47. The fourth-order valence-corrected chi connectivity index (χ4v) is 2.57. The Morgan fingerprint density at radius 2 is 1.88 bits per heavy atom. The lowest BCUT2D eigenvalue weighted by atomic mass is 10.3. The minimum absolute atomic E-state index is 0. The molecule has 6 heteroatoms. The number of aromatic nitrogens is 1. The number of rotatable bonds is 3. The molecule has 0 spiro atoms. The van der Waals surface area contributed by atoms with E-state index in [1.807, 2.05) is 0 Å². The number of nitrogens with one attached hydrogen (secondary N) is 1. The van der Waals surface area contributed by atoms with Gasteiger partial charge in [-0.2, -0.15) is 0 Å². The monoisotopic (exact) mass is 293 g/mol. The smallest absolute Gasteiger partial charge is 0.332 e. The van der Waals surface area contributed by atoms with Gasteiger partial charge in [-0.25, -0.2) is 4.57 Å². The maximum atomic E-state index is 6.01. The highest BCUT2D eigenvalue weighted by atomic mass is 35.5. The van der Waals surface area contributed by atoms with Crippen molar-refractivity contribution in [3.05, 3.63) is 24.3 Å². The summed E-state index contributed by atoms with van der Waals surface area (Å²) in [6.45, 7) is 2.08. The molecule has 0 aliphatic carbocycles. The molecule has 17 heavy (non-hydrogen) atoms. The highest BCUT2D eigenvalue weighted by Crippen LogP contribution is 2.20. The van der Waals surface area contributed by atoms with Crippen LogP contribution in [0.3, 0.4) is 0 Å². The van der Waals surface area contributed by atoms with Crippen molar-refractivity contribution in [3.8, 4) is 0 Å². The molecule has 0 aliphatic rings. The molecule has 3 nitrogen and oxygen atoms in total. The molecule has 0 saturated carbocycles. The molecule has 1 heterocycles. The summed E-state index contributed by atoms with van der Waals surface area (Å²) in [4.78, 5) is 1.44. The lowest BCUT2D eigenvalue weighted by molar-refractivity contribution is -0.879. The van der Waals surface area contributed by atoms with Crippen molar-refractivity contribution in [2.45, 2.75) is 6.54 Å². The summed E-state index contributed by atoms with van der Waals surface area (Å²) in [7, 11) is 4.32. The molecule has 1 aromatic carbocycles. The van der Waals surface area contributed by atoms with Crippen molar-refractivity contribution in [1.29, 1.82) is 0 Å². The SMILES string of the molecule is C[NH+](C)CC[n+]1c(N)sc2ccccc21.[Cl-].[Cl-]. The predicted molar refractivity (Wildman–Crippen MR) is 64.1 cm³/mol. The number of hydrogen-bond donors (Lipinski definition) is 2. The Bertz CT molecular complexity index is 471. The number of likely N-dealkylation sites (N-methyl/N-ethyl adjacent to an activating group) is 1. The third kappa shape index (κ3) is 3.71. The Kier molecular flexibility index (Phi) is 6.78. The summed E-state index contributed by atoms with van der Waals surface area (Å²) in [5.41, 5.74) is 7.26. The molecule has 0 saturated heterocycles. The van der Waals surface area contributed by atoms with Crippen LogP contribution >= 0.6 is 11.3 Å². The van der Waals surface area contributed by atoms with Crippen LogP contribution in [0.4, 0.5) is 5.13 Å². The van der Waals surface area contributed by atoms with E-state index < -0.39 is 0 Å². The molecule has 0 aliphatic heterocycles. The first-order chi connectivity index (χ1) is 7.18. The zero-order chi connectivity index (χ0) is 10.8. The molecule has 0 amide bonds. The van der Waals surface area contributed by atoms with E-state index in [9.17, 15) is 0 Å². The van der Waals surface area contributed by atoms with Crippen molar-refractivity contribution < 1.29 is 34.3 Å². The van der Waals surface area contributed by atoms with Crippen LogP contribution in [0.5, 0.6) is 0 Å². The maximum absolute atomic E-state index is 6.01. The van der Waals surface area contributed by atoms with Gasteiger partial charge in [-0.3, -0.25) is 5.73 Å². The fraction of sp³-hybridized carbons (Fsp3) is 0.364. The summed E-state index contributed by atoms with van der Waals surface area (Å²) >= 11 is 1.66. The van der Waals surface area contributed by atoms with Crippen LogP contribution in [-0.4, -0.2) is 20.6 Å². The fourth-order valence-electron chi connectivity index (χ4n) is 1.62. The number of anilines is 1. The first kappa shape index (κ1) is 16.4. The Morgan fingerprint density at radius 1 is 1.24 bits per heavy atom. The number of fused-ring (bicyclic) bond motifs is 1. The number of halogens is 2. The van der Waals surface area contributed by atoms with Gasteiger partial charge in [-0.1, -0.05) is 12.1 Å². The van der Waals surface area contributed by atoms with E-state index in [-0.39, 0.29) is 24.8 Å². The number of nitrogens with two attached hydrogens (primary N) is 1. The number of thiazole rings is 1. The minimum atomic E-state index is 0. The number of para-hydroxylation sites is 1. The Hall–Kier alpha value is -0.550. The topological polar surface area (TPSA) is 34.3 Å². The molecule has 2 aromatic rings. The number of quaternary nitrogens is 1. The first-order valence-electron chi connectivity index (χ1n) is 5.14. The van der Waals surface area contributed by atoms with Crippen LogP contribution < -0.4 is 40.0 Å². The van der Waals surface area contributed by atoms with Gasteiger partial charge >= 0.3 is 5.13 Å². The zero-order valence-electron chi connectivity index (χ0n) is 9.91. The van der Waals surface area contributed by atoms with Crippen molar-refractivity contribution >= 4 is 26.7 Å². The largest absolute Gasteiger partial charge is 1.00 e. The molecule has 0 fully saturated rings. The molecule has 0 bridgehead atoms. The van der Waals surface area contributed by atoms with Gasteiger partial charge in [-0.15, -0.1) is 0 Å². The van der Waals surface area contributed by atoms with Gasteiger partial charge in [-0.05, 0) is 23.5 Å². The number of nitrogens with zero attached hydrogens (tertiary/aromatic N) is 1. The number of nitrogen functional groups attached to an aromatic ring is 1. The van der Waals surface area contributed by atoms with E-state index in [4.69, 9.17) is 5.73 Å². The highest BCUT2D eigenvalue weighted by molar-refractivity contribution is 7.21. The Balaban J connectivity index is 0.00000128. The van der Waals surface area contributed by atoms with Gasteiger partial charge in [0.05, 0.1) is 18.8 Å². The van der Waals surface area contributed by atoms with E-state index in [2.05, 4.69) is 42.9 Å². The zero-order valence-corrected chi connectivity index (χ0v) is 12.2. The average molecular weight is 294 g/mol. The molecular formula is C11H17Cl2N3S. The summed E-state index contributed by atoms with van der Waals surface area (Å²) in [6, 6.07) is 8.37. The second-order valence-corrected chi connectivity index (χ2v) is 5.08. The quantitative estimate of drug-likeness (QED) is 0.543. The van der Waals surface area contributed by atoms with Crippen LogP contribution in [-0.2, 0) is 6.54 Å². The normalized spacial score (nSPS) is 10.1. The van der Waals surface area contributed by atoms with Gasteiger partial charge in [0.1, 0.15) is 18.6 Å². The van der Waals surface area contributed by atoms with E-state index >= 15 is 0 Å². The van der Waals surface area contributed by atoms with Crippen LogP contribution in [0, 0.1) is 0 Å². The van der Waals surface area contributed by atoms with Crippen molar-refractivity contribution in [1.82, 2.24) is 0 Å². The van der Waals surface area contributed by atoms with Gasteiger partial charge in [0, 0.05) is 0 Å². The molecule has 3 N–H and O–H groups in total. The van der Waals surface area contributed by atoms with E-state index in [1.165, 1.54) is 15.1 Å². The first-order valence-corrected chi connectivity index (χ1v) is 5.96. The summed E-state index contributed by atoms with van der Waals surface area (Å²) in [5, 5.41) is 0.900. The molecule has 0 radical (unpaired) electrons. The van der Waals surface area contributed by atoms with E-state index in [1.54, 1.807) is 11.3 Å². The standard InChI is InChI=1S/C11H15N3S.2ClH/c1-13(2)7-8-14-9-5-3-4-6-10(9)15-11(14)12;;/h3-6,12H,7-8H2,1-2H3;2*1H. The van der Waals surface area contributed by atoms with Gasteiger partial charge in [0.15, 0.2) is 0 Å². The van der Waals surface area contributed by atoms with Gasteiger partial charge in [0.2, 0.25) is 0 Å². The molecular weight excluding hydrogens is 277 g/mol. The highest BCUT2D eigenvalue weighted by Gasteiger charge is 2.14. The van der Waals surface area contributed by atoms with Crippen LogP contribution in [0.15, 0.2) is 24.3 Å². The Morgan fingerprint density at radius 3 is 2.53 bits per heavy atom. The number of benzene rings is 1. The summed E-state index contributed by atoms with van der Waals surface area (Å²) in [6.07, 6.45) is 0. The van der Waals surface area contributed by atoms with Gasteiger partial charge < -0.3 is 29.7 Å². The minimum Gasteiger partial charge on any atom is -1.00 e. The van der Waals surface area contributed by atoms with Crippen molar-refractivity contribution in [3.63, 3.8) is 0 Å². The summed E-state index contributed by atoms with van der Waals surface area (Å²) in [5.74, 6) is 0. The average Bonchev–Trinajstić information content (AvgIpc) is 2.50. The van der Waals surface area contributed by atoms with E-state index in [0.29, 0.717) is 0 Å². The Labute approximate surface area is 118 Å². The van der Waals surface area contributed by atoms with Crippen molar-refractivity contribution in [2.75, 3.05) is 26.4 Å². The van der Waals surface area contributed by atoms with Crippen molar-refractivity contribution in [2.24, 2.45) is 0 Å². The van der Waals surface area contributed by atoms with Gasteiger partial charge in [0.25, 0.3) is 0 Å². The molecule has 2 rings (SSSR count).